The Hall–Kier alpha value is -2.87. The van der Waals surface area contributed by atoms with Crippen LogP contribution in [0.2, 0.25) is 0 Å². The predicted molar refractivity (Wildman–Crippen MR) is 80.5 cm³/mol. The molecule has 4 nitrogen and oxygen atoms in total. The van der Waals surface area contributed by atoms with E-state index in [2.05, 4.69) is 16.0 Å². The van der Waals surface area contributed by atoms with Gasteiger partial charge in [0.15, 0.2) is 0 Å². The van der Waals surface area contributed by atoms with E-state index in [1.54, 1.807) is 19.0 Å². The van der Waals surface area contributed by atoms with E-state index >= 15 is 0 Å². The number of halogens is 1. The summed E-state index contributed by atoms with van der Waals surface area (Å²) in [6.45, 7) is 0. The number of imidazole rings is 1. The van der Waals surface area contributed by atoms with Crippen LogP contribution in [0.15, 0.2) is 36.4 Å². The van der Waals surface area contributed by atoms with Crippen LogP contribution in [0, 0.1) is 17.1 Å². The molecule has 104 valence electrons. The average Bonchev–Trinajstić information content (AvgIpc) is 2.90. The number of fused-ring (bicyclic) bond motifs is 1. The topological polar surface area (TPSA) is 55.7 Å². The first kappa shape index (κ1) is 13.1. The lowest BCUT2D eigenvalue weighted by atomic mass is 10.1. The summed E-state index contributed by atoms with van der Waals surface area (Å²) in [7, 11) is 3.56. The van der Waals surface area contributed by atoms with E-state index in [1.165, 1.54) is 12.1 Å². The zero-order chi connectivity index (χ0) is 15.0. The van der Waals surface area contributed by atoms with Gasteiger partial charge in [-0.25, -0.2) is 9.37 Å². The molecule has 1 aromatic heterocycles. The summed E-state index contributed by atoms with van der Waals surface area (Å²) >= 11 is 0. The van der Waals surface area contributed by atoms with E-state index in [-0.39, 0.29) is 0 Å². The van der Waals surface area contributed by atoms with Crippen LogP contribution < -0.4 is 4.90 Å². The van der Waals surface area contributed by atoms with Gasteiger partial charge in [0.1, 0.15) is 17.7 Å². The number of nitrogens with zero attached hydrogens (tertiary/aromatic N) is 3. The first-order chi connectivity index (χ1) is 10.1. The minimum atomic E-state index is -0.406. The van der Waals surface area contributed by atoms with Crippen molar-refractivity contribution in [3.05, 3.63) is 47.8 Å². The van der Waals surface area contributed by atoms with Crippen molar-refractivity contribution in [3.8, 4) is 17.5 Å². The van der Waals surface area contributed by atoms with Gasteiger partial charge in [-0.05, 0) is 24.3 Å². The van der Waals surface area contributed by atoms with E-state index in [9.17, 15) is 9.65 Å². The van der Waals surface area contributed by atoms with Gasteiger partial charge in [0.05, 0.1) is 27.8 Å². The Balaban J connectivity index is 2.33. The van der Waals surface area contributed by atoms with Gasteiger partial charge in [-0.1, -0.05) is 12.1 Å². The Morgan fingerprint density at radius 1 is 1.19 bits per heavy atom. The predicted octanol–water partition coefficient (Wildman–Crippen LogP) is 3.31. The van der Waals surface area contributed by atoms with Gasteiger partial charge in [0.25, 0.3) is 0 Å². The number of hydrogen-bond acceptors (Lipinski definition) is 3. The third kappa shape index (κ3) is 2.11. The van der Waals surface area contributed by atoms with Crippen molar-refractivity contribution >= 4 is 16.7 Å². The summed E-state index contributed by atoms with van der Waals surface area (Å²) in [5.41, 5.74) is 2.85. The van der Waals surface area contributed by atoms with Gasteiger partial charge in [-0.2, -0.15) is 5.26 Å². The van der Waals surface area contributed by atoms with Gasteiger partial charge in [0, 0.05) is 14.1 Å². The smallest absolute Gasteiger partial charge is 0.143 e. The van der Waals surface area contributed by atoms with Gasteiger partial charge >= 0.3 is 0 Å². The summed E-state index contributed by atoms with van der Waals surface area (Å²) in [6.07, 6.45) is 0. The van der Waals surface area contributed by atoms with Gasteiger partial charge in [-0.15, -0.1) is 0 Å². The molecule has 0 spiro atoms. The number of nitriles is 1. The minimum absolute atomic E-state index is 0.315. The Kier molecular flexibility index (Phi) is 3.07. The van der Waals surface area contributed by atoms with Gasteiger partial charge in [0.2, 0.25) is 0 Å². The summed E-state index contributed by atoms with van der Waals surface area (Å²) < 4.78 is 14.3. The second-order valence-corrected chi connectivity index (χ2v) is 4.93. The third-order valence-electron chi connectivity index (χ3n) is 3.32. The highest BCUT2D eigenvalue weighted by molar-refractivity contribution is 5.85. The summed E-state index contributed by atoms with van der Waals surface area (Å²) in [4.78, 5) is 9.27. The quantitative estimate of drug-likeness (QED) is 0.783. The molecule has 0 aliphatic heterocycles. The van der Waals surface area contributed by atoms with Crippen molar-refractivity contribution in [1.82, 2.24) is 9.97 Å². The molecule has 0 bridgehead atoms. The fourth-order valence-corrected chi connectivity index (χ4v) is 2.42. The molecular formula is C16H13FN4. The minimum Gasteiger partial charge on any atom is -0.376 e. The molecule has 1 heterocycles. The van der Waals surface area contributed by atoms with Crippen LogP contribution >= 0.6 is 0 Å². The number of para-hydroxylation sites is 2. The molecular weight excluding hydrogens is 267 g/mol. The van der Waals surface area contributed by atoms with Gasteiger partial charge in [-0.3, -0.25) is 0 Å². The number of hydrogen-bond donors (Lipinski definition) is 1. The average molecular weight is 280 g/mol. The molecule has 21 heavy (non-hydrogen) atoms. The first-order valence-corrected chi connectivity index (χ1v) is 6.47. The van der Waals surface area contributed by atoms with E-state index in [0.29, 0.717) is 22.6 Å². The number of H-pyrrole nitrogens is 1. The van der Waals surface area contributed by atoms with E-state index < -0.39 is 5.82 Å². The summed E-state index contributed by atoms with van der Waals surface area (Å²) in [6, 6.07) is 12.4. The molecule has 0 fully saturated rings. The lowest BCUT2D eigenvalue weighted by molar-refractivity contribution is 0.630. The number of rotatable bonds is 2. The fraction of sp³-hybridized carbons (Fsp3) is 0.125. The second-order valence-electron chi connectivity index (χ2n) is 4.93. The highest BCUT2D eigenvalue weighted by atomic mass is 19.1. The summed E-state index contributed by atoms with van der Waals surface area (Å²) in [5.74, 6) is 0.0197. The van der Waals surface area contributed by atoms with Crippen LogP contribution in [0.1, 0.15) is 5.56 Å². The fourth-order valence-electron chi connectivity index (χ4n) is 2.42. The van der Waals surface area contributed by atoms with Crippen LogP contribution in [-0.2, 0) is 0 Å². The molecule has 0 aliphatic carbocycles. The number of aromatic nitrogens is 2. The number of aromatic amines is 1. The van der Waals surface area contributed by atoms with E-state index in [1.807, 2.05) is 24.3 Å². The molecule has 3 rings (SSSR count). The van der Waals surface area contributed by atoms with Gasteiger partial charge < -0.3 is 9.88 Å². The van der Waals surface area contributed by atoms with E-state index in [0.717, 1.165) is 11.0 Å². The number of anilines is 1. The Morgan fingerprint density at radius 3 is 2.62 bits per heavy atom. The van der Waals surface area contributed by atoms with Crippen LogP contribution in [0.4, 0.5) is 10.1 Å². The van der Waals surface area contributed by atoms with Crippen LogP contribution in [0.25, 0.3) is 22.4 Å². The van der Waals surface area contributed by atoms with Crippen molar-refractivity contribution in [3.63, 3.8) is 0 Å². The van der Waals surface area contributed by atoms with Crippen LogP contribution in [0.5, 0.6) is 0 Å². The molecule has 0 radical (unpaired) electrons. The molecule has 0 amide bonds. The third-order valence-corrected chi connectivity index (χ3v) is 3.32. The van der Waals surface area contributed by atoms with Crippen molar-refractivity contribution in [2.75, 3.05) is 19.0 Å². The van der Waals surface area contributed by atoms with E-state index in [4.69, 9.17) is 0 Å². The van der Waals surface area contributed by atoms with Crippen LogP contribution in [0.3, 0.4) is 0 Å². The van der Waals surface area contributed by atoms with Crippen molar-refractivity contribution in [2.24, 2.45) is 0 Å². The van der Waals surface area contributed by atoms with Crippen LogP contribution in [-0.4, -0.2) is 24.1 Å². The van der Waals surface area contributed by atoms with Crippen molar-refractivity contribution < 1.29 is 4.39 Å². The highest BCUT2D eigenvalue weighted by Crippen LogP contribution is 2.34. The maximum Gasteiger partial charge on any atom is 0.143 e. The Morgan fingerprint density at radius 2 is 1.95 bits per heavy atom. The molecule has 0 unspecified atom stereocenters. The molecule has 0 atom stereocenters. The Labute approximate surface area is 121 Å². The standard InChI is InChI=1S/C16H13FN4/c1-21(2)15-10(9-18)7-8-11(17)14(15)16-19-12-5-3-4-6-13(12)20-16/h3-8H,1-2H3,(H,19,20). The molecule has 1 N–H and O–H groups in total. The molecule has 0 saturated carbocycles. The van der Waals surface area contributed by atoms with Crippen molar-refractivity contribution in [2.45, 2.75) is 0 Å². The SMILES string of the molecule is CN(C)c1c(C#N)ccc(F)c1-c1nc2ccccc2[nH]1. The molecule has 0 saturated heterocycles. The number of nitrogens with one attached hydrogen (secondary N) is 1. The second kappa shape index (κ2) is 4.91. The lowest BCUT2D eigenvalue weighted by Crippen LogP contribution is -2.13. The monoisotopic (exact) mass is 280 g/mol. The Bertz CT molecular complexity index is 825. The van der Waals surface area contributed by atoms with Crippen molar-refractivity contribution in [1.29, 1.82) is 5.26 Å². The highest BCUT2D eigenvalue weighted by Gasteiger charge is 2.19. The normalized spacial score (nSPS) is 10.6. The zero-order valence-electron chi connectivity index (χ0n) is 11.7. The molecule has 3 aromatic rings. The summed E-state index contributed by atoms with van der Waals surface area (Å²) in [5, 5.41) is 9.24. The number of benzene rings is 2. The first-order valence-electron chi connectivity index (χ1n) is 6.47. The maximum absolute atomic E-state index is 14.3. The molecule has 2 aromatic carbocycles. The molecule has 5 heteroatoms. The zero-order valence-corrected chi connectivity index (χ0v) is 11.7. The molecule has 0 aliphatic rings. The largest absolute Gasteiger partial charge is 0.376 e. The lowest BCUT2D eigenvalue weighted by Gasteiger charge is -2.18. The maximum atomic E-state index is 14.3.